The molecule has 4 nitrogen and oxygen atoms in total. The number of halogens is 3. The minimum absolute atomic E-state index is 0.141. The largest absolute Gasteiger partial charge is 0.492 e. The maximum absolute atomic E-state index is 12.5. The zero-order chi connectivity index (χ0) is 14.5. The third kappa shape index (κ3) is 4.51. The van der Waals surface area contributed by atoms with Gasteiger partial charge in [-0.15, -0.1) is 0 Å². The van der Waals surface area contributed by atoms with Gasteiger partial charge in [0, 0.05) is 6.54 Å². The van der Waals surface area contributed by atoms with Crippen LogP contribution in [-0.4, -0.2) is 37.6 Å². The quantitative estimate of drug-likeness (QED) is 0.782. The number of nitrogens with zero attached hydrogens (tertiary/aromatic N) is 1. The van der Waals surface area contributed by atoms with E-state index in [1.54, 1.807) is 19.1 Å². The van der Waals surface area contributed by atoms with Crippen LogP contribution in [-0.2, 0) is 0 Å². The molecule has 0 aliphatic carbocycles. The molecule has 7 heteroatoms. The first-order chi connectivity index (χ1) is 8.89. The van der Waals surface area contributed by atoms with Gasteiger partial charge in [0.05, 0.1) is 24.6 Å². The molecule has 0 amide bonds. The first kappa shape index (κ1) is 15.4. The summed E-state index contributed by atoms with van der Waals surface area (Å²) >= 11 is 0. The summed E-state index contributed by atoms with van der Waals surface area (Å²) in [6, 6.07) is 4.63. The lowest BCUT2D eigenvalue weighted by atomic mass is 10.2. The predicted octanol–water partition coefficient (Wildman–Crippen LogP) is 2.03. The van der Waals surface area contributed by atoms with Crippen molar-refractivity contribution in [3.8, 4) is 5.75 Å². The Morgan fingerprint density at radius 2 is 2.05 bits per heavy atom. The van der Waals surface area contributed by atoms with Crippen molar-refractivity contribution < 1.29 is 23.0 Å². The highest BCUT2D eigenvalue weighted by Gasteiger charge is 2.31. The molecule has 1 aromatic carbocycles. The molecule has 0 spiro atoms. The molecule has 0 aliphatic heterocycles. The first-order valence-corrected chi connectivity index (χ1v) is 5.83. The molecule has 0 fully saturated rings. The second kappa shape index (κ2) is 6.51. The smallest absolute Gasteiger partial charge is 0.405 e. The van der Waals surface area contributed by atoms with E-state index < -0.39 is 19.3 Å². The Hall–Kier alpha value is -1.63. The highest BCUT2D eigenvalue weighted by Crippen LogP contribution is 2.33. The number of aliphatic hydroxyl groups is 1. The van der Waals surface area contributed by atoms with Crippen molar-refractivity contribution in [2.24, 2.45) is 0 Å². The van der Waals surface area contributed by atoms with E-state index in [-0.39, 0.29) is 17.9 Å². The molecule has 0 aliphatic rings. The number of ether oxygens (including phenoxy) is 1. The van der Waals surface area contributed by atoms with Crippen LogP contribution in [0.2, 0.25) is 0 Å². The van der Waals surface area contributed by atoms with E-state index in [0.717, 1.165) is 4.90 Å². The van der Waals surface area contributed by atoms with Crippen molar-refractivity contribution >= 4 is 11.4 Å². The number of hydrogen-bond acceptors (Lipinski definition) is 4. The molecule has 3 N–H and O–H groups in total. The molecule has 1 aromatic rings. The standard InChI is InChI=1S/C12H17F3N2O2/c1-2-19-10-5-3-4-9(11(10)16)17(6-7-18)8-12(13,14)15/h3-5,18H,2,6-8,16H2,1H3. The number of para-hydroxylation sites is 1. The van der Waals surface area contributed by atoms with Crippen molar-refractivity contribution in [3.05, 3.63) is 18.2 Å². The van der Waals surface area contributed by atoms with Crippen LogP contribution in [0, 0.1) is 0 Å². The van der Waals surface area contributed by atoms with Gasteiger partial charge in [-0.3, -0.25) is 0 Å². The van der Waals surface area contributed by atoms with Crippen molar-refractivity contribution in [2.75, 3.05) is 36.9 Å². The normalized spacial score (nSPS) is 11.4. The summed E-state index contributed by atoms with van der Waals surface area (Å²) in [5.74, 6) is 0.338. The number of rotatable bonds is 6. The Balaban J connectivity index is 3.05. The Morgan fingerprint density at radius 1 is 1.37 bits per heavy atom. The van der Waals surface area contributed by atoms with E-state index in [0.29, 0.717) is 12.4 Å². The molecule has 0 radical (unpaired) electrons. The molecule has 0 bridgehead atoms. The van der Waals surface area contributed by atoms with E-state index >= 15 is 0 Å². The number of alkyl halides is 3. The third-order valence-electron chi connectivity index (χ3n) is 2.42. The number of aliphatic hydroxyl groups excluding tert-OH is 1. The molecule has 19 heavy (non-hydrogen) atoms. The minimum Gasteiger partial charge on any atom is -0.492 e. The van der Waals surface area contributed by atoms with Crippen molar-refractivity contribution in [1.29, 1.82) is 0 Å². The van der Waals surface area contributed by atoms with E-state index in [1.165, 1.54) is 6.07 Å². The number of benzene rings is 1. The van der Waals surface area contributed by atoms with Gasteiger partial charge in [0.15, 0.2) is 0 Å². The topological polar surface area (TPSA) is 58.7 Å². The van der Waals surface area contributed by atoms with Gasteiger partial charge in [-0.25, -0.2) is 0 Å². The van der Waals surface area contributed by atoms with Crippen LogP contribution in [0.1, 0.15) is 6.92 Å². The van der Waals surface area contributed by atoms with E-state index in [2.05, 4.69) is 0 Å². The Labute approximate surface area is 109 Å². The van der Waals surface area contributed by atoms with Crippen molar-refractivity contribution in [2.45, 2.75) is 13.1 Å². The molecule has 0 unspecified atom stereocenters. The fourth-order valence-electron chi connectivity index (χ4n) is 1.71. The summed E-state index contributed by atoms with van der Waals surface area (Å²) < 4.78 is 42.7. The van der Waals surface area contributed by atoms with Crippen LogP contribution < -0.4 is 15.4 Å². The molecule has 0 heterocycles. The fourth-order valence-corrected chi connectivity index (χ4v) is 1.71. The van der Waals surface area contributed by atoms with Gasteiger partial charge in [0.25, 0.3) is 0 Å². The van der Waals surface area contributed by atoms with Crippen molar-refractivity contribution in [3.63, 3.8) is 0 Å². The number of nitrogens with two attached hydrogens (primary N) is 1. The molecule has 0 saturated heterocycles. The number of anilines is 2. The number of nitrogen functional groups attached to an aromatic ring is 1. The molecule has 108 valence electrons. The molecule has 0 atom stereocenters. The highest BCUT2D eigenvalue weighted by molar-refractivity contribution is 5.74. The molecule has 1 rings (SSSR count). The average Bonchev–Trinajstić information content (AvgIpc) is 2.30. The van der Waals surface area contributed by atoms with Gasteiger partial charge in [-0.05, 0) is 19.1 Å². The maximum Gasteiger partial charge on any atom is 0.405 e. The second-order valence-electron chi connectivity index (χ2n) is 3.88. The van der Waals surface area contributed by atoms with Crippen LogP contribution in [0.3, 0.4) is 0 Å². The number of hydrogen-bond donors (Lipinski definition) is 2. The van der Waals surface area contributed by atoms with Gasteiger partial charge in [0.2, 0.25) is 0 Å². The summed E-state index contributed by atoms with van der Waals surface area (Å²) in [5, 5.41) is 8.88. The average molecular weight is 278 g/mol. The van der Waals surface area contributed by atoms with Crippen molar-refractivity contribution in [1.82, 2.24) is 0 Å². The van der Waals surface area contributed by atoms with Crippen LogP contribution >= 0.6 is 0 Å². The van der Waals surface area contributed by atoms with Crippen LogP contribution in [0.4, 0.5) is 24.5 Å². The lowest BCUT2D eigenvalue weighted by molar-refractivity contribution is -0.119. The van der Waals surface area contributed by atoms with E-state index in [9.17, 15) is 13.2 Å². The van der Waals surface area contributed by atoms with E-state index in [4.69, 9.17) is 15.6 Å². The fraction of sp³-hybridized carbons (Fsp3) is 0.500. The minimum atomic E-state index is -4.37. The van der Waals surface area contributed by atoms with Gasteiger partial charge in [-0.2, -0.15) is 13.2 Å². The second-order valence-corrected chi connectivity index (χ2v) is 3.88. The molecular formula is C12H17F3N2O2. The van der Waals surface area contributed by atoms with Crippen LogP contribution in [0.15, 0.2) is 18.2 Å². The zero-order valence-corrected chi connectivity index (χ0v) is 10.6. The summed E-state index contributed by atoms with van der Waals surface area (Å²) in [7, 11) is 0. The third-order valence-corrected chi connectivity index (χ3v) is 2.42. The molecular weight excluding hydrogens is 261 g/mol. The van der Waals surface area contributed by atoms with Gasteiger partial charge in [-0.1, -0.05) is 6.07 Å². The molecule has 0 aromatic heterocycles. The summed E-state index contributed by atoms with van der Waals surface area (Å²) in [6.07, 6.45) is -4.37. The Bertz CT molecular complexity index is 410. The van der Waals surface area contributed by atoms with Crippen LogP contribution in [0.5, 0.6) is 5.75 Å². The van der Waals surface area contributed by atoms with Gasteiger partial charge in [0.1, 0.15) is 12.3 Å². The summed E-state index contributed by atoms with van der Waals surface area (Å²) in [6.45, 7) is 0.404. The predicted molar refractivity (Wildman–Crippen MR) is 67.4 cm³/mol. The van der Waals surface area contributed by atoms with Gasteiger partial charge < -0.3 is 20.5 Å². The van der Waals surface area contributed by atoms with Gasteiger partial charge >= 0.3 is 6.18 Å². The van der Waals surface area contributed by atoms with Crippen LogP contribution in [0.25, 0.3) is 0 Å². The summed E-state index contributed by atoms with van der Waals surface area (Å²) in [4.78, 5) is 0.984. The lowest BCUT2D eigenvalue weighted by Crippen LogP contribution is -2.36. The Kier molecular flexibility index (Phi) is 5.29. The first-order valence-electron chi connectivity index (χ1n) is 5.83. The monoisotopic (exact) mass is 278 g/mol. The summed E-state index contributed by atoms with van der Waals surface area (Å²) in [5.41, 5.74) is 6.15. The van der Waals surface area contributed by atoms with E-state index in [1.807, 2.05) is 0 Å². The lowest BCUT2D eigenvalue weighted by Gasteiger charge is -2.27. The Morgan fingerprint density at radius 3 is 2.58 bits per heavy atom. The highest BCUT2D eigenvalue weighted by atomic mass is 19.4. The molecule has 0 saturated carbocycles. The SMILES string of the molecule is CCOc1cccc(N(CCO)CC(F)(F)F)c1N. The zero-order valence-electron chi connectivity index (χ0n) is 10.6. The maximum atomic E-state index is 12.5.